The van der Waals surface area contributed by atoms with Gasteiger partial charge in [0.05, 0.1) is 20.8 Å². The van der Waals surface area contributed by atoms with Crippen molar-refractivity contribution in [3.63, 3.8) is 0 Å². The Labute approximate surface area is 122 Å². The van der Waals surface area contributed by atoms with Crippen molar-refractivity contribution < 1.29 is 4.52 Å². The highest BCUT2D eigenvalue weighted by Gasteiger charge is 2.22. The predicted octanol–water partition coefficient (Wildman–Crippen LogP) is 4.73. The minimum atomic E-state index is 0.713. The largest absolute Gasteiger partial charge is 0.355 e. The van der Waals surface area contributed by atoms with Gasteiger partial charge in [-0.25, -0.2) is 0 Å². The van der Waals surface area contributed by atoms with E-state index in [-0.39, 0.29) is 0 Å². The van der Waals surface area contributed by atoms with Crippen molar-refractivity contribution in [3.05, 3.63) is 35.3 Å². The van der Waals surface area contributed by atoms with E-state index < -0.39 is 0 Å². The lowest BCUT2D eigenvalue weighted by Gasteiger charge is -1.98. The molecule has 0 bridgehead atoms. The van der Waals surface area contributed by atoms with Crippen LogP contribution >= 0.6 is 34.4 Å². The lowest BCUT2D eigenvalue weighted by atomic mass is 10.1. The molecule has 0 N–H and O–H groups in total. The molecule has 3 rings (SSSR count). The first-order valence-corrected chi connectivity index (χ1v) is 8.33. The van der Waals surface area contributed by atoms with Crippen LogP contribution in [-0.4, -0.2) is 11.4 Å². The third kappa shape index (κ3) is 2.10. The number of nitriles is 1. The van der Waals surface area contributed by atoms with Crippen molar-refractivity contribution in [3.8, 4) is 27.1 Å². The number of thioether (sulfide) groups is 1. The Morgan fingerprint density at radius 1 is 1.42 bits per heavy atom. The molecule has 3 nitrogen and oxygen atoms in total. The van der Waals surface area contributed by atoms with Crippen LogP contribution in [-0.2, 0) is 0 Å². The fourth-order valence-electron chi connectivity index (χ4n) is 1.82. The molecule has 0 aliphatic carbocycles. The van der Waals surface area contributed by atoms with E-state index in [9.17, 15) is 5.26 Å². The molecular weight excluding hydrogens is 296 g/mol. The second-order valence-electron chi connectivity index (χ2n) is 3.64. The predicted molar refractivity (Wildman–Crippen MR) is 79.6 cm³/mol. The highest BCUT2D eigenvalue weighted by Crippen LogP contribution is 2.47. The lowest BCUT2D eigenvalue weighted by Crippen LogP contribution is -1.79. The van der Waals surface area contributed by atoms with E-state index >= 15 is 0 Å². The third-order valence-electron chi connectivity index (χ3n) is 2.60. The quantitative estimate of drug-likeness (QED) is 0.657. The maximum atomic E-state index is 9.44. The first-order chi connectivity index (χ1) is 9.35. The van der Waals surface area contributed by atoms with Gasteiger partial charge in [-0.2, -0.15) is 5.26 Å². The first kappa shape index (κ1) is 12.5. The summed E-state index contributed by atoms with van der Waals surface area (Å²) in [5.74, 6) is 0.713. The van der Waals surface area contributed by atoms with E-state index in [1.807, 2.05) is 29.8 Å². The maximum Gasteiger partial charge on any atom is 0.177 e. The molecule has 0 spiro atoms. The summed E-state index contributed by atoms with van der Waals surface area (Å²) in [6.07, 6.45) is 3.60. The minimum Gasteiger partial charge on any atom is -0.355 e. The van der Waals surface area contributed by atoms with Crippen molar-refractivity contribution in [1.29, 1.82) is 5.26 Å². The van der Waals surface area contributed by atoms with Gasteiger partial charge >= 0.3 is 0 Å². The molecular formula is C13H8N2OS3. The molecule has 0 saturated carbocycles. The summed E-state index contributed by atoms with van der Waals surface area (Å²) in [5, 5.41) is 15.2. The Hall–Kier alpha value is -1.55. The summed E-state index contributed by atoms with van der Waals surface area (Å²) in [5.41, 5.74) is 1.69. The van der Waals surface area contributed by atoms with Crippen LogP contribution in [0.3, 0.4) is 0 Å². The van der Waals surface area contributed by atoms with E-state index in [4.69, 9.17) is 4.52 Å². The number of nitrogens with zero attached hydrogens (tertiary/aromatic N) is 2. The van der Waals surface area contributed by atoms with Gasteiger partial charge in [0.15, 0.2) is 5.76 Å². The van der Waals surface area contributed by atoms with Crippen LogP contribution in [0.25, 0.3) is 21.1 Å². The zero-order valence-corrected chi connectivity index (χ0v) is 12.4. The molecule has 3 aromatic rings. The molecule has 0 atom stereocenters. The van der Waals surface area contributed by atoms with E-state index in [0.717, 1.165) is 25.1 Å². The van der Waals surface area contributed by atoms with Crippen LogP contribution in [0.15, 0.2) is 38.5 Å². The fourth-order valence-corrected chi connectivity index (χ4v) is 4.56. The average molecular weight is 304 g/mol. The van der Waals surface area contributed by atoms with Crippen molar-refractivity contribution in [2.45, 2.75) is 4.21 Å². The average Bonchev–Trinajstić information content (AvgIpc) is 3.16. The molecule has 3 aromatic heterocycles. The molecule has 19 heavy (non-hydrogen) atoms. The summed E-state index contributed by atoms with van der Waals surface area (Å²) in [7, 11) is 0. The van der Waals surface area contributed by atoms with E-state index in [1.54, 1.807) is 40.6 Å². The van der Waals surface area contributed by atoms with Gasteiger partial charge in [-0.05, 0) is 17.7 Å². The van der Waals surface area contributed by atoms with Gasteiger partial charge < -0.3 is 4.52 Å². The summed E-state index contributed by atoms with van der Waals surface area (Å²) < 4.78 is 6.27. The minimum absolute atomic E-state index is 0.713. The highest BCUT2D eigenvalue weighted by atomic mass is 32.2. The Balaban J connectivity index is 2.30. The number of hydrogen-bond donors (Lipinski definition) is 0. The summed E-state index contributed by atoms with van der Waals surface area (Å²) >= 11 is 4.79. The van der Waals surface area contributed by atoms with Crippen LogP contribution in [0.4, 0.5) is 0 Å². The van der Waals surface area contributed by atoms with Gasteiger partial charge in [0.25, 0.3) is 0 Å². The van der Waals surface area contributed by atoms with E-state index in [1.165, 1.54) is 0 Å². The number of hydrogen-bond acceptors (Lipinski definition) is 6. The standard InChI is InChI=1S/C13H8N2OS3/c1-17-13-8(7-14)11(10-3-2-6-18-10)12(19-13)9-4-5-15-16-9/h2-6H,1H3. The van der Waals surface area contributed by atoms with Crippen molar-refractivity contribution in [2.24, 2.45) is 0 Å². The lowest BCUT2D eigenvalue weighted by molar-refractivity contribution is 0.433. The second-order valence-corrected chi connectivity index (χ2v) is 6.68. The zero-order chi connectivity index (χ0) is 13.2. The van der Waals surface area contributed by atoms with Gasteiger partial charge in [-0.1, -0.05) is 11.2 Å². The molecule has 3 heterocycles. The summed E-state index contributed by atoms with van der Waals surface area (Å²) in [6, 6.07) is 8.16. The number of aromatic nitrogens is 1. The van der Waals surface area contributed by atoms with Crippen LogP contribution in [0, 0.1) is 11.3 Å². The first-order valence-electron chi connectivity index (χ1n) is 5.41. The van der Waals surface area contributed by atoms with Crippen LogP contribution in [0.5, 0.6) is 0 Å². The second kappa shape index (κ2) is 5.21. The van der Waals surface area contributed by atoms with E-state index in [2.05, 4.69) is 11.2 Å². The van der Waals surface area contributed by atoms with Crippen molar-refractivity contribution in [2.75, 3.05) is 6.26 Å². The molecule has 0 saturated heterocycles. The molecule has 0 radical (unpaired) electrons. The van der Waals surface area contributed by atoms with Gasteiger partial charge in [0.2, 0.25) is 0 Å². The van der Waals surface area contributed by atoms with Crippen molar-refractivity contribution >= 4 is 34.4 Å². The molecule has 0 aliphatic rings. The number of rotatable bonds is 3. The summed E-state index contributed by atoms with van der Waals surface area (Å²) in [6.45, 7) is 0. The maximum absolute atomic E-state index is 9.44. The van der Waals surface area contributed by atoms with Gasteiger partial charge in [0.1, 0.15) is 6.07 Å². The number of thiophene rings is 2. The zero-order valence-electron chi connectivity index (χ0n) is 9.91. The van der Waals surface area contributed by atoms with Gasteiger partial charge in [-0.3, -0.25) is 0 Å². The normalized spacial score (nSPS) is 10.5. The Kier molecular flexibility index (Phi) is 3.42. The van der Waals surface area contributed by atoms with E-state index in [0.29, 0.717) is 5.76 Å². The molecule has 0 unspecified atom stereocenters. The van der Waals surface area contributed by atoms with Crippen LogP contribution in [0.1, 0.15) is 5.56 Å². The Bertz CT molecular complexity index is 721. The third-order valence-corrected chi connectivity index (χ3v) is 5.81. The van der Waals surface area contributed by atoms with Crippen LogP contribution in [0.2, 0.25) is 0 Å². The van der Waals surface area contributed by atoms with Crippen LogP contribution < -0.4 is 0 Å². The molecule has 0 amide bonds. The smallest absolute Gasteiger partial charge is 0.177 e. The van der Waals surface area contributed by atoms with Gasteiger partial charge in [-0.15, -0.1) is 34.4 Å². The fraction of sp³-hybridized carbons (Fsp3) is 0.0769. The van der Waals surface area contributed by atoms with Gasteiger partial charge in [0, 0.05) is 16.5 Å². The SMILES string of the molecule is CSc1sc(-c2ccno2)c(-c2cccs2)c1C#N. The molecule has 0 aromatic carbocycles. The van der Waals surface area contributed by atoms with Crippen molar-refractivity contribution in [1.82, 2.24) is 5.16 Å². The molecule has 94 valence electrons. The molecule has 0 aliphatic heterocycles. The topological polar surface area (TPSA) is 49.8 Å². The Morgan fingerprint density at radius 2 is 2.32 bits per heavy atom. The molecule has 6 heteroatoms. The highest BCUT2D eigenvalue weighted by molar-refractivity contribution is 8.00. The molecule has 0 fully saturated rings. The monoisotopic (exact) mass is 304 g/mol. The summed E-state index contributed by atoms with van der Waals surface area (Å²) in [4.78, 5) is 2.06. The Morgan fingerprint density at radius 3 is 2.89 bits per heavy atom.